The molecule has 1 saturated heterocycles. The second-order valence-corrected chi connectivity index (χ2v) is 7.59. The minimum Gasteiger partial charge on any atom is -0.368 e. The van der Waals surface area contributed by atoms with Gasteiger partial charge in [0.05, 0.1) is 5.69 Å². The lowest BCUT2D eigenvalue weighted by Crippen LogP contribution is -2.45. The van der Waals surface area contributed by atoms with Gasteiger partial charge in [0.1, 0.15) is 4.90 Å². The molecule has 0 N–H and O–H groups in total. The maximum absolute atomic E-state index is 12.6. The smallest absolute Gasteiger partial charge is 0.244 e. The lowest BCUT2D eigenvalue weighted by atomic mass is 10.2. The third-order valence-corrected chi connectivity index (χ3v) is 5.78. The van der Waals surface area contributed by atoms with E-state index in [4.69, 9.17) is 0 Å². The molecule has 5 nitrogen and oxygen atoms in total. The van der Waals surface area contributed by atoms with Crippen molar-refractivity contribution < 1.29 is 8.42 Å². The van der Waals surface area contributed by atoms with E-state index in [2.05, 4.69) is 16.8 Å². The number of anilines is 1. The number of benzene rings is 1. The molecule has 20 heavy (non-hydrogen) atoms. The number of hydrogen-bond donors (Lipinski definition) is 0. The predicted molar refractivity (Wildman–Crippen MR) is 81.8 cm³/mol. The van der Waals surface area contributed by atoms with Crippen LogP contribution in [0.3, 0.4) is 0 Å². The van der Waals surface area contributed by atoms with E-state index in [9.17, 15) is 8.42 Å². The Morgan fingerprint density at radius 2 is 1.70 bits per heavy atom. The van der Waals surface area contributed by atoms with Gasteiger partial charge in [0.25, 0.3) is 0 Å². The molecule has 2 rings (SSSR count). The zero-order valence-electron chi connectivity index (χ0n) is 12.6. The van der Waals surface area contributed by atoms with Crippen molar-refractivity contribution in [3.63, 3.8) is 0 Å². The summed E-state index contributed by atoms with van der Waals surface area (Å²) >= 11 is 0. The van der Waals surface area contributed by atoms with Crippen LogP contribution in [0.15, 0.2) is 23.1 Å². The van der Waals surface area contributed by atoms with Crippen molar-refractivity contribution in [2.24, 2.45) is 0 Å². The first-order chi connectivity index (χ1) is 9.34. The number of likely N-dealkylation sites (N-methyl/N-ethyl adjacent to an activating group) is 1. The SMILES string of the molecule is Cc1cccc(N2CCN(C)CC2)c1S(=O)(=O)N(C)C. The second kappa shape index (κ2) is 5.71. The Morgan fingerprint density at radius 1 is 1.10 bits per heavy atom. The molecule has 112 valence electrons. The number of hydrogen-bond acceptors (Lipinski definition) is 4. The molecule has 0 radical (unpaired) electrons. The number of piperazine rings is 1. The summed E-state index contributed by atoms with van der Waals surface area (Å²) in [5.41, 5.74) is 1.63. The maximum Gasteiger partial charge on any atom is 0.244 e. The van der Waals surface area contributed by atoms with E-state index in [0.29, 0.717) is 4.90 Å². The van der Waals surface area contributed by atoms with Crippen molar-refractivity contribution >= 4 is 15.7 Å². The van der Waals surface area contributed by atoms with E-state index in [0.717, 1.165) is 37.4 Å². The van der Waals surface area contributed by atoms with Crippen LogP contribution in [-0.2, 0) is 10.0 Å². The van der Waals surface area contributed by atoms with Crippen molar-refractivity contribution in [1.82, 2.24) is 9.21 Å². The lowest BCUT2D eigenvalue weighted by molar-refractivity contribution is 0.312. The van der Waals surface area contributed by atoms with E-state index in [1.165, 1.54) is 4.31 Å². The molecular weight excluding hydrogens is 274 g/mol. The van der Waals surface area contributed by atoms with Gasteiger partial charge in [-0.2, -0.15) is 0 Å². The van der Waals surface area contributed by atoms with Crippen molar-refractivity contribution in [3.8, 4) is 0 Å². The molecule has 0 saturated carbocycles. The van der Waals surface area contributed by atoms with Gasteiger partial charge in [-0.25, -0.2) is 12.7 Å². The van der Waals surface area contributed by atoms with Crippen LogP contribution < -0.4 is 4.90 Å². The molecule has 0 aliphatic carbocycles. The maximum atomic E-state index is 12.6. The first kappa shape index (κ1) is 15.3. The molecule has 0 unspecified atom stereocenters. The average molecular weight is 297 g/mol. The van der Waals surface area contributed by atoms with Gasteiger partial charge < -0.3 is 9.80 Å². The molecule has 0 amide bonds. The van der Waals surface area contributed by atoms with E-state index in [1.807, 2.05) is 25.1 Å². The van der Waals surface area contributed by atoms with Crippen molar-refractivity contribution in [2.75, 3.05) is 52.2 Å². The normalized spacial score (nSPS) is 17.8. The van der Waals surface area contributed by atoms with Crippen LogP contribution in [0.5, 0.6) is 0 Å². The second-order valence-electron chi connectivity index (χ2n) is 5.50. The monoisotopic (exact) mass is 297 g/mol. The van der Waals surface area contributed by atoms with E-state index < -0.39 is 10.0 Å². The minimum atomic E-state index is -3.42. The van der Waals surface area contributed by atoms with Crippen LogP contribution in [0.25, 0.3) is 0 Å². The Labute approximate surface area is 121 Å². The van der Waals surface area contributed by atoms with Gasteiger partial charge in [-0.15, -0.1) is 0 Å². The van der Waals surface area contributed by atoms with E-state index in [-0.39, 0.29) is 0 Å². The summed E-state index contributed by atoms with van der Waals surface area (Å²) in [4.78, 5) is 4.87. The first-order valence-electron chi connectivity index (χ1n) is 6.79. The fourth-order valence-electron chi connectivity index (χ4n) is 2.45. The van der Waals surface area contributed by atoms with Crippen molar-refractivity contribution in [3.05, 3.63) is 23.8 Å². The topological polar surface area (TPSA) is 43.9 Å². The average Bonchev–Trinajstić information content (AvgIpc) is 2.38. The number of aryl methyl sites for hydroxylation is 1. The molecule has 6 heteroatoms. The molecule has 0 atom stereocenters. The van der Waals surface area contributed by atoms with Gasteiger partial charge in [-0.1, -0.05) is 12.1 Å². The molecule has 1 aliphatic rings. The van der Waals surface area contributed by atoms with E-state index in [1.54, 1.807) is 14.1 Å². The van der Waals surface area contributed by atoms with E-state index >= 15 is 0 Å². The molecule has 1 aliphatic heterocycles. The van der Waals surface area contributed by atoms with Gasteiger partial charge in [0.15, 0.2) is 0 Å². The zero-order chi connectivity index (χ0) is 14.9. The number of nitrogens with zero attached hydrogens (tertiary/aromatic N) is 3. The fourth-order valence-corrected chi connectivity index (χ4v) is 3.75. The standard InChI is InChI=1S/C14H23N3O2S/c1-12-6-5-7-13(14(12)20(18,19)15(2)3)17-10-8-16(4)9-11-17/h5-7H,8-11H2,1-4H3. The summed E-state index contributed by atoms with van der Waals surface area (Å²) in [7, 11) is 1.82. The number of rotatable bonds is 3. The highest BCUT2D eigenvalue weighted by Gasteiger charge is 2.27. The highest BCUT2D eigenvalue weighted by Crippen LogP contribution is 2.30. The molecule has 1 fully saturated rings. The fraction of sp³-hybridized carbons (Fsp3) is 0.571. The minimum absolute atomic E-state index is 0.439. The molecule has 1 aromatic carbocycles. The largest absolute Gasteiger partial charge is 0.368 e. The first-order valence-corrected chi connectivity index (χ1v) is 8.23. The van der Waals surface area contributed by atoms with Crippen LogP contribution in [0.4, 0.5) is 5.69 Å². The lowest BCUT2D eigenvalue weighted by Gasteiger charge is -2.35. The molecule has 0 bridgehead atoms. The Kier molecular flexibility index (Phi) is 4.36. The Morgan fingerprint density at radius 3 is 2.25 bits per heavy atom. The van der Waals surface area contributed by atoms with Crippen LogP contribution >= 0.6 is 0 Å². The summed E-state index contributed by atoms with van der Waals surface area (Å²) in [5.74, 6) is 0. The van der Waals surface area contributed by atoms with Gasteiger partial charge >= 0.3 is 0 Å². The number of sulfonamides is 1. The van der Waals surface area contributed by atoms with Crippen molar-refractivity contribution in [2.45, 2.75) is 11.8 Å². The van der Waals surface area contributed by atoms with Gasteiger partial charge in [0.2, 0.25) is 10.0 Å². The quantitative estimate of drug-likeness (QED) is 0.835. The highest BCUT2D eigenvalue weighted by atomic mass is 32.2. The van der Waals surface area contributed by atoms with Crippen LogP contribution in [0, 0.1) is 6.92 Å². The summed E-state index contributed by atoms with van der Waals surface area (Å²) in [6.45, 7) is 5.48. The molecule has 1 aromatic rings. The third-order valence-electron chi connectivity index (χ3n) is 3.77. The summed E-state index contributed by atoms with van der Waals surface area (Å²) < 4.78 is 26.4. The van der Waals surface area contributed by atoms with Crippen LogP contribution in [-0.4, -0.2) is 64.9 Å². The molecular formula is C14H23N3O2S. The Balaban J connectivity index is 2.47. The zero-order valence-corrected chi connectivity index (χ0v) is 13.4. The van der Waals surface area contributed by atoms with Crippen molar-refractivity contribution in [1.29, 1.82) is 0 Å². The molecule has 0 spiro atoms. The van der Waals surface area contributed by atoms with Gasteiger partial charge in [0, 0.05) is 40.3 Å². The van der Waals surface area contributed by atoms with Crippen LogP contribution in [0.2, 0.25) is 0 Å². The summed E-state index contributed by atoms with van der Waals surface area (Å²) in [6, 6.07) is 5.70. The van der Waals surface area contributed by atoms with Gasteiger partial charge in [-0.3, -0.25) is 0 Å². The third kappa shape index (κ3) is 2.82. The Hall–Kier alpha value is -1.11. The molecule has 1 heterocycles. The summed E-state index contributed by atoms with van der Waals surface area (Å²) in [6.07, 6.45) is 0. The molecule has 0 aromatic heterocycles. The predicted octanol–water partition coefficient (Wildman–Crippen LogP) is 0.997. The van der Waals surface area contributed by atoms with Gasteiger partial charge in [-0.05, 0) is 25.6 Å². The summed E-state index contributed by atoms with van der Waals surface area (Å²) in [5, 5.41) is 0. The highest BCUT2D eigenvalue weighted by molar-refractivity contribution is 7.89. The van der Waals surface area contributed by atoms with Crippen LogP contribution in [0.1, 0.15) is 5.56 Å². The Bertz CT molecular complexity index is 576.